The van der Waals surface area contributed by atoms with Gasteiger partial charge in [0.05, 0.1) is 11.2 Å². The van der Waals surface area contributed by atoms with E-state index in [1.54, 1.807) is 6.07 Å². The third-order valence-corrected chi connectivity index (χ3v) is 5.25. The fraction of sp³-hybridized carbons (Fsp3) is 0.588. The molecule has 0 radical (unpaired) electrons. The van der Waals surface area contributed by atoms with Gasteiger partial charge in [-0.05, 0) is 64.6 Å². The van der Waals surface area contributed by atoms with Crippen LogP contribution in [0.1, 0.15) is 47.0 Å². The molecule has 1 saturated carbocycles. The molecule has 0 amide bonds. The lowest BCUT2D eigenvalue weighted by Gasteiger charge is -2.37. The molecule has 1 N–H and O–H groups in total. The first-order chi connectivity index (χ1) is 10.7. The van der Waals surface area contributed by atoms with Gasteiger partial charge in [-0.2, -0.15) is 0 Å². The molecule has 6 heteroatoms. The van der Waals surface area contributed by atoms with Crippen LogP contribution in [0.4, 0.5) is 0 Å². The zero-order chi connectivity index (χ0) is 16.9. The van der Waals surface area contributed by atoms with E-state index in [9.17, 15) is 9.90 Å². The van der Waals surface area contributed by atoms with Crippen LogP contribution in [-0.2, 0) is 14.1 Å². The molecule has 1 aliphatic heterocycles. The highest BCUT2D eigenvalue weighted by Crippen LogP contribution is 2.38. The van der Waals surface area contributed by atoms with Crippen molar-refractivity contribution in [3.63, 3.8) is 0 Å². The second kappa shape index (κ2) is 5.25. The number of hydrogen-bond acceptors (Lipinski definition) is 4. The highest BCUT2D eigenvalue weighted by atomic mass is 16.7. The summed E-state index contributed by atoms with van der Waals surface area (Å²) in [5.74, 6) is -0.357. The van der Waals surface area contributed by atoms with Gasteiger partial charge in [-0.3, -0.25) is 0 Å². The molecule has 0 atom stereocenters. The lowest BCUT2D eigenvalue weighted by Crippen LogP contribution is -2.50. The first kappa shape index (κ1) is 16.3. The van der Waals surface area contributed by atoms with E-state index < -0.39 is 29.9 Å². The Labute approximate surface area is 137 Å². The summed E-state index contributed by atoms with van der Waals surface area (Å²) in [4.78, 5) is 11.4. The standard InChI is InChI=1S/C17H23BO5/c1-15(2)16(3,4)23-18(22-15)12-7-5-8-13(11-12)21-17(14(19)20)9-6-10-17/h5,7-8,11H,6,9-10H2,1-4H3,(H,19,20). The van der Waals surface area contributed by atoms with Crippen LogP contribution in [-0.4, -0.2) is 35.0 Å². The highest BCUT2D eigenvalue weighted by molar-refractivity contribution is 6.62. The summed E-state index contributed by atoms with van der Waals surface area (Å²) in [6.45, 7) is 8.00. The third-order valence-electron chi connectivity index (χ3n) is 5.25. The molecule has 0 spiro atoms. The Morgan fingerprint density at radius 1 is 1.17 bits per heavy atom. The monoisotopic (exact) mass is 318 g/mol. The Bertz CT molecular complexity index is 605. The SMILES string of the molecule is CC1(C)OB(c2cccc(OC3(C(=O)O)CCC3)c2)OC1(C)C. The molecule has 5 nitrogen and oxygen atoms in total. The fourth-order valence-electron chi connectivity index (χ4n) is 2.79. The van der Waals surface area contributed by atoms with E-state index in [0.717, 1.165) is 11.9 Å². The number of aliphatic carboxylic acids is 1. The van der Waals surface area contributed by atoms with Crippen LogP contribution in [0.5, 0.6) is 5.75 Å². The maximum absolute atomic E-state index is 11.4. The summed E-state index contributed by atoms with van der Waals surface area (Å²) in [7, 11) is -0.481. The van der Waals surface area contributed by atoms with Gasteiger partial charge in [0.2, 0.25) is 5.60 Å². The van der Waals surface area contributed by atoms with Gasteiger partial charge in [0, 0.05) is 0 Å². The minimum atomic E-state index is -1.07. The smallest absolute Gasteiger partial charge is 0.478 e. The van der Waals surface area contributed by atoms with E-state index in [0.29, 0.717) is 18.6 Å². The molecule has 2 fully saturated rings. The van der Waals surface area contributed by atoms with Crippen molar-refractivity contribution in [2.45, 2.75) is 63.8 Å². The predicted molar refractivity (Wildman–Crippen MR) is 87.0 cm³/mol. The molecule has 124 valence electrons. The van der Waals surface area contributed by atoms with Gasteiger partial charge in [-0.1, -0.05) is 12.1 Å². The van der Waals surface area contributed by atoms with E-state index in [1.165, 1.54) is 0 Å². The number of rotatable bonds is 4. The van der Waals surface area contributed by atoms with Gasteiger partial charge in [0.25, 0.3) is 0 Å². The molecule has 1 saturated heterocycles. The minimum Gasteiger partial charge on any atom is -0.478 e. The van der Waals surface area contributed by atoms with Crippen LogP contribution >= 0.6 is 0 Å². The molecule has 1 aromatic rings. The van der Waals surface area contributed by atoms with Crippen LogP contribution in [0.15, 0.2) is 24.3 Å². The van der Waals surface area contributed by atoms with E-state index in [-0.39, 0.29) is 0 Å². The number of carboxylic acid groups (broad SMARTS) is 1. The van der Waals surface area contributed by atoms with Crippen LogP contribution < -0.4 is 10.2 Å². The average Bonchev–Trinajstić information content (AvgIpc) is 2.63. The maximum atomic E-state index is 11.4. The summed E-state index contributed by atoms with van der Waals surface area (Å²) in [6, 6.07) is 7.33. The molecule has 1 heterocycles. The van der Waals surface area contributed by atoms with E-state index in [2.05, 4.69) is 0 Å². The molecule has 3 rings (SSSR count). The number of carbonyl (C=O) groups is 1. The first-order valence-electron chi connectivity index (χ1n) is 8.03. The zero-order valence-corrected chi connectivity index (χ0v) is 14.1. The van der Waals surface area contributed by atoms with Crippen molar-refractivity contribution >= 4 is 18.6 Å². The molecular formula is C17H23BO5. The topological polar surface area (TPSA) is 65.0 Å². The molecular weight excluding hydrogens is 295 g/mol. The lowest BCUT2D eigenvalue weighted by atomic mass is 9.78. The van der Waals surface area contributed by atoms with Gasteiger partial charge < -0.3 is 19.2 Å². The molecule has 0 aromatic heterocycles. The van der Waals surface area contributed by atoms with Crippen molar-refractivity contribution in [3.05, 3.63) is 24.3 Å². The van der Waals surface area contributed by atoms with Crippen molar-refractivity contribution < 1.29 is 23.9 Å². The van der Waals surface area contributed by atoms with Gasteiger partial charge >= 0.3 is 13.1 Å². The Balaban J connectivity index is 1.80. The fourth-order valence-corrected chi connectivity index (χ4v) is 2.79. The molecule has 1 aromatic carbocycles. The quantitative estimate of drug-likeness (QED) is 0.864. The number of benzene rings is 1. The normalized spacial score (nSPS) is 24.1. The van der Waals surface area contributed by atoms with Crippen LogP contribution in [0.25, 0.3) is 0 Å². The molecule has 1 aliphatic carbocycles. The molecule has 0 unspecified atom stereocenters. The van der Waals surface area contributed by atoms with Crippen LogP contribution in [0.3, 0.4) is 0 Å². The van der Waals surface area contributed by atoms with E-state index in [1.807, 2.05) is 45.9 Å². The number of carboxylic acids is 1. The van der Waals surface area contributed by atoms with Crippen molar-refractivity contribution in [2.75, 3.05) is 0 Å². The Morgan fingerprint density at radius 3 is 2.26 bits per heavy atom. The second-order valence-corrected chi connectivity index (χ2v) is 7.42. The first-order valence-corrected chi connectivity index (χ1v) is 8.03. The van der Waals surface area contributed by atoms with Gasteiger partial charge in [0.15, 0.2) is 0 Å². The maximum Gasteiger partial charge on any atom is 0.494 e. The van der Waals surface area contributed by atoms with Crippen molar-refractivity contribution in [3.8, 4) is 5.75 Å². The van der Waals surface area contributed by atoms with Gasteiger partial charge in [0.1, 0.15) is 5.75 Å². The molecule has 0 bridgehead atoms. The Morgan fingerprint density at radius 2 is 1.78 bits per heavy atom. The number of ether oxygens (including phenoxy) is 1. The van der Waals surface area contributed by atoms with Crippen LogP contribution in [0.2, 0.25) is 0 Å². The summed E-state index contributed by atoms with van der Waals surface area (Å²) in [5, 5.41) is 9.39. The van der Waals surface area contributed by atoms with Crippen molar-refractivity contribution in [1.82, 2.24) is 0 Å². The van der Waals surface area contributed by atoms with Crippen LogP contribution in [0, 0.1) is 0 Å². The van der Waals surface area contributed by atoms with Crippen molar-refractivity contribution in [2.24, 2.45) is 0 Å². The third kappa shape index (κ3) is 2.74. The van der Waals surface area contributed by atoms with Gasteiger partial charge in [-0.25, -0.2) is 4.79 Å². The predicted octanol–water partition coefficient (Wildman–Crippen LogP) is 2.37. The second-order valence-electron chi connectivity index (χ2n) is 7.42. The van der Waals surface area contributed by atoms with E-state index >= 15 is 0 Å². The summed E-state index contributed by atoms with van der Waals surface area (Å²) < 4.78 is 17.9. The number of hydrogen-bond donors (Lipinski definition) is 1. The largest absolute Gasteiger partial charge is 0.494 e. The molecule has 2 aliphatic rings. The summed E-state index contributed by atoms with van der Waals surface area (Å²) in [5.41, 5.74) is -1.06. The minimum absolute atomic E-state index is 0.412. The summed E-state index contributed by atoms with van der Waals surface area (Å²) >= 11 is 0. The Hall–Kier alpha value is -1.53. The Kier molecular flexibility index (Phi) is 3.73. The zero-order valence-electron chi connectivity index (χ0n) is 14.1. The molecule has 23 heavy (non-hydrogen) atoms. The summed E-state index contributed by atoms with van der Waals surface area (Å²) in [6.07, 6.45) is 1.97. The van der Waals surface area contributed by atoms with E-state index in [4.69, 9.17) is 14.0 Å². The van der Waals surface area contributed by atoms with Crippen molar-refractivity contribution in [1.29, 1.82) is 0 Å². The van der Waals surface area contributed by atoms with Gasteiger partial charge in [-0.15, -0.1) is 0 Å². The highest BCUT2D eigenvalue weighted by Gasteiger charge is 2.52. The lowest BCUT2D eigenvalue weighted by molar-refractivity contribution is -0.163. The average molecular weight is 318 g/mol.